The maximum atomic E-state index is 11.6. The summed E-state index contributed by atoms with van der Waals surface area (Å²) in [4.78, 5) is 28.5. The number of carboxylic acids is 2. The van der Waals surface area contributed by atoms with E-state index in [-0.39, 0.29) is 22.7 Å². The highest BCUT2D eigenvalue weighted by Crippen LogP contribution is 2.42. The van der Waals surface area contributed by atoms with Crippen molar-refractivity contribution < 1.29 is 34.2 Å². The predicted molar refractivity (Wildman–Crippen MR) is 117 cm³/mol. The van der Waals surface area contributed by atoms with Crippen LogP contribution in [0.2, 0.25) is 0 Å². The number of hydroxylamine groups is 3. The summed E-state index contributed by atoms with van der Waals surface area (Å²) in [6.45, 7) is 3.51. The molecule has 32 heavy (non-hydrogen) atoms. The van der Waals surface area contributed by atoms with Crippen LogP contribution in [0, 0.1) is 6.92 Å². The third-order valence-electron chi connectivity index (χ3n) is 5.10. The van der Waals surface area contributed by atoms with Gasteiger partial charge in [-0.2, -0.15) is 10.4 Å². The fourth-order valence-electron chi connectivity index (χ4n) is 3.50. The Morgan fingerprint density at radius 3 is 2.84 bits per heavy atom. The van der Waals surface area contributed by atoms with E-state index in [0.29, 0.717) is 22.8 Å². The highest BCUT2D eigenvalue weighted by atomic mass is 32.1. The lowest BCUT2D eigenvalue weighted by Gasteiger charge is -2.22. The molecule has 0 saturated carbocycles. The molecule has 0 spiro atoms. The molecule has 10 heteroatoms. The van der Waals surface area contributed by atoms with Crippen molar-refractivity contribution in [3.8, 4) is 21.9 Å². The van der Waals surface area contributed by atoms with Crippen LogP contribution in [-0.2, 0) is 9.73 Å². The molecule has 9 nitrogen and oxygen atoms in total. The molecule has 2 aliphatic rings. The Hall–Kier alpha value is -3.34. The second kappa shape index (κ2) is 9.03. The summed E-state index contributed by atoms with van der Waals surface area (Å²) in [5.41, 5.74) is 5.28. The average Bonchev–Trinajstić information content (AvgIpc) is 3.30. The van der Waals surface area contributed by atoms with Crippen molar-refractivity contribution in [2.45, 2.75) is 25.9 Å². The zero-order valence-corrected chi connectivity index (χ0v) is 18.2. The Balaban J connectivity index is 1.52. The average molecular weight is 458 g/mol. The first kappa shape index (κ1) is 21.9. The van der Waals surface area contributed by atoms with Gasteiger partial charge in [-0.15, -0.1) is 11.3 Å². The van der Waals surface area contributed by atoms with Crippen LogP contribution >= 0.6 is 11.3 Å². The Labute approximate surface area is 188 Å². The molecule has 2 aliphatic heterocycles. The Bertz CT molecular complexity index is 1110. The lowest BCUT2D eigenvalue weighted by Crippen LogP contribution is -2.31. The molecular formula is C22H22N2O7S. The zero-order valence-electron chi connectivity index (χ0n) is 17.4. The summed E-state index contributed by atoms with van der Waals surface area (Å²) >= 11 is 1.04. The van der Waals surface area contributed by atoms with Gasteiger partial charge in [0.2, 0.25) is 0 Å². The lowest BCUT2D eigenvalue weighted by molar-refractivity contribution is -0.139. The number of carbonyl (C=O) groups is 2. The quantitative estimate of drug-likeness (QED) is 0.548. The van der Waals surface area contributed by atoms with Crippen molar-refractivity contribution in [2.75, 3.05) is 13.2 Å². The van der Waals surface area contributed by atoms with E-state index in [1.165, 1.54) is 0 Å². The van der Waals surface area contributed by atoms with Crippen LogP contribution in [0.3, 0.4) is 0 Å². The molecule has 2 aromatic rings. The summed E-state index contributed by atoms with van der Waals surface area (Å²) in [6.07, 6.45) is 5.87. The van der Waals surface area contributed by atoms with E-state index in [4.69, 9.17) is 19.5 Å². The predicted octanol–water partition coefficient (Wildman–Crippen LogP) is 3.23. The van der Waals surface area contributed by atoms with E-state index < -0.39 is 18.5 Å². The molecule has 168 valence electrons. The smallest absolute Gasteiger partial charge is 0.349 e. The summed E-state index contributed by atoms with van der Waals surface area (Å²) < 4.78 is 11.2. The van der Waals surface area contributed by atoms with E-state index in [1.54, 1.807) is 12.0 Å². The van der Waals surface area contributed by atoms with E-state index in [1.807, 2.05) is 43.5 Å². The molecule has 1 fully saturated rings. The van der Waals surface area contributed by atoms with Crippen molar-refractivity contribution in [3.05, 3.63) is 58.6 Å². The van der Waals surface area contributed by atoms with Gasteiger partial charge >= 0.3 is 11.9 Å². The van der Waals surface area contributed by atoms with E-state index in [0.717, 1.165) is 22.5 Å². The number of rotatable bonds is 8. The standard InChI is InChI=1S/C22H22N2O7S/c1-12-19(30-11-18(25)26)21(22(27)28)32-20(12)15-4-3-5-16(9-15)29-10-14-6-7-24-17(8-14)13(2)23-31-24/h3-9,13,17,23H,10-11H2,1-2H3,(H,25,26)(H,27,28). The number of nitrogens with one attached hydrogen (secondary N) is 1. The fourth-order valence-corrected chi connectivity index (χ4v) is 4.59. The number of benzene rings is 1. The van der Waals surface area contributed by atoms with Gasteiger partial charge in [0.1, 0.15) is 18.1 Å². The van der Waals surface area contributed by atoms with Crippen molar-refractivity contribution in [1.82, 2.24) is 10.5 Å². The summed E-state index contributed by atoms with van der Waals surface area (Å²) in [6, 6.07) is 7.58. The van der Waals surface area contributed by atoms with E-state index >= 15 is 0 Å². The van der Waals surface area contributed by atoms with Crippen molar-refractivity contribution in [3.63, 3.8) is 0 Å². The molecule has 1 aromatic heterocycles. The van der Waals surface area contributed by atoms with Crippen LogP contribution in [0.5, 0.6) is 11.5 Å². The molecular weight excluding hydrogens is 436 g/mol. The highest BCUT2D eigenvalue weighted by molar-refractivity contribution is 7.18. The van der Waals surface area contributed by atoms with Gasteiger partial charge in [0.15, 0.2) is 11.5 Å². The SMILES string of the molecule is Cc1c(-c2cccc(OCC3=CC4C(C)NON4C=C3)c2)sc(C(=O)O)c1OCC(=O)O. The van der Waals surface area contributed by atoms with Gasteiger partial charge < -0.3 is 19.7 Å². The zero-order chi connectivity index (χ0) is 22.8. The molecule has 0 radical (unpaired) electrons. The Morgan fingerprint density at radius 2 is 2.09 bits per heavy atom. The first-order valence-corrected chi connectivity index (χ1v) is 10.7. The van der Waals surface area contributed by atoms with Gasteiger partial charge in [-0.1, -0.05) is 18.2 Å². The maximum Gasteiger partial charge on any atom is 0.349 e. The van der Waals surface area contributed by atoms with E-state index in [2.05, 4.69) is 11.6 Å². The Morgan fingerprint density at radius 1 is 1.28 bits per heavy atom. The topological polar surface area (TPSA) is 118 Å². The Kier molecular flexibility index (Phi) is 6.17. The largest absolute Gasteiger partial charge is 0.489 e. The normalized spacial score (nSPS) is 19.4. The monoisotopic (exact) mass is 458 g/mol. The number of aliphatic carboxylic acids is 1. The van der Waals surface area contributed by atoms with Crippen LogP contribution in [0.15, 0.2) is 48.2 Å². The number of hydrogen-bond acceptors (Lipinski definition) is 8. The number of hydrogen-bond donors (Lipinski definition) is 3. The minimum atomic E-state index is -1.17. The lowest BCUT2D eigenvalue weighted by atomic mass is 10.0. The van der Waals surface area contributed by atoms with Crippen LogP contribution < -0.4 is 15.0 Å². The first-order chi connectivity index (χ1) is 15.3. The van der Waals surface area contributed by atoms with Crippen LogP contribution in [0.1, 0.15) is 22.2 Å². The second-order valence-corrected chi connectivity index (χ2v) is 8.44. The third-order valence-corrected chi connectivity index (χ3v) is 6.41. The van der Waals surface area contributed by atoms with Gasteiger partial charge in [-0.25, -0.2) is 14.7 Å². The fraction of sp³-hybridized carbons (Fsp3) is 0.273. The van der Waals surface area contributed by atoms with Gasteiger partial charge in [0.05, 0.1) is 12.1 Å². The molecule has 0 amide bonds. The van der Waals surface area contributed by atoms with Crippen molar-refractivity contribution in [1.29, 1.82) is 0 Å². The maximum absolute atomic E-state index is 11.6. The molecule has 0 bridgehead atoms. The number of fused-ring (bicyclic) bond motifs is 1. The number of aromatic carboxylic acids is 1. The number of ether oxygens (including phenoxy) is 2. The summed E-state index contributed by atoms with van der Waals surface area (Å²) in [5.74, 6) is -1.63. The van der Waals surface area contributed by atoms with Crippen molar-refractivity contribution in [2.24, 2.45) is 0 Å². The molecule has 0 aliphatic carbocycles. The summed E-state index contributed by atoms with van der Waals surface area (Å²) in [7, 11) is 0. The van der Waals surface area contributed by atoms with Crippen LogP contribution in [-0.4, -0.2) is 52.5 Å². The second-order valence-electron chi connectivity index (χ2n) is 7.42. The minimum Gasteiger partial charge on any atom is -0.489 e. The van der Waals surface area contributed by atoms with Gasteiger partial charge in [0.25, 0.3) is 0 Å². The molecule has 3 N–H and O–H groups in total. The van der Waals surface area contributed by atoms with Crippen molar-refractivity contribution >= 4 is 23.3 Å². The highest BCUT2D eigenvalue weighted by Gasteiger charge is 2.31. The van der Waals surface area contributed by atoms with Crippen LogP contribution in [0.4, 0.5) is 0 Å². The molecule has 2 atom stereocenters. The molecule has 2 unspecified atom stereocenters. The molecule has 3 heterocycles. The number of nitrogens with zero attached hydrogens (tertiary/aromatic N) is 1. The van der Waals surface area contributed by atoms with Gasteiger partial charge in [0, 0.05) is 16.6 Å². The van der Waals surface area contributed by atoms with Crippen LogP contribution in [0.25, 0.3) is 10.4 Å². The third kappa shape index (κ3) is 4.47. The van der Waals surface area contributed by atoms with Gasteiger partial charge in [-0.3, -0.25) is 0 Å². The van der Waals surface area contributed by atoms with E-state index in [9.17, 15) is 14.7 Å². The molecule has 4 rings (SSSR count). The number of carboxylic acid groups (broad SMARTS) is 2. The molecule has 1 saturated heterocycles. The molecule has 1 aromatic carbocycles. The van der Waals surface area contributed by atoms with Gasteiger partial charge in [-0.05, 0) is 43.2 Å². The number of thiophene rings is 1. The minimum absolute atomic E-state index is 0.0337. The summed E-state index contributed by atoms with van der Waals surface area (Å²) in [5, 5.41) is 20.1. The first-order valence-electron chi connectivity index (χ1n) is 9.87.